The number of rotatable bonds is 3. The highest BCUT2D eigenvalue weighted by Crippen LogP contribution is 2.32. The molecule has 2 aromatic heterocycles. The van der Waals surface area contributed by atoms with Crippen molar-refractivity contribution in [2.24, 2.45) is 11.8 Å². The highest BCUT2D eigenvalue weighted by Gasteiger charge is 2.27. The van der Waals surface area contributed by atoms with Gasteiger partial charge in [-0.3, -0.25) is 10.5 Å². The Morgan fingerprint density at radius 3 is 2.90 bits per heavy atom. The maximum Gasteiger partial charge on any atom is 0.241 e. The molecule has 0 aliphatic heterocycles. The molecule has 2 atom stereocenters. The lowest BCUT2D eigenvalue weighted by atomic mass is 9.85. The van der Waals surface area contributed by atoms with E-state index in [1.165, 1.54) is 25.7 Å². The summed E-state index contributed by atoms with van der Waals surface area (Å²) in [6.45, 7) is 2.32. The average molecular weight is 275 g/mol. The SMILES string of the molecule is CC1CCCCC1N(C)c1nc(NN)nc2[nH]ncc12. The topological polar surface area (TPSA) is 95.8 Å². The number of anilines is 2. The molecule has 1 aliphatic rings. The van der Waals surface area contributed by atoms with Crippen molar-refractivity contribution in [3.63, 3.8) is 0 Å². The van der Waals surface area contributed by atoms with E-state index in [0.717, 1.165) is 11.2 Å². The van der Waals surface area contributed by atoms with E-state index in [0.29, 0.717) is 23.6 Å². The van der Waals surface area contributed by atoms with Crippen LogP contribution >= 0.6 is 0 Å². The summed E-state index contributed by atoms with van der Waals surface area (Å²) in [5.41, 5.74) is 3.23. The first kappa shape index (κ1) is 13.1. The van der Waals surface area contributed by atoms with Crippen molar-refractivity contribution in [2.75, 3.05) is 17.4 Å². The summed E-state index contributed by atoms with van der Waals surface area (Å²) in [6, 6.07) is 0.502. The summed E-state index contributed by atoms with van der Waals surface area (Å²) in [6.07, 6.45) is 6.85. The molecule has 0 radical (unpaired) electrons. The summed E-state index contributed by atoms with van der Waals surface area (Å²) in [4.78, 5) is 11.0. The summed E-state index contributed by atoms with van der Waals surface area (Å²) in [7, 11) is 2.10. The molecule has 1 fully saturated rings. The quantitative estimate of drug-likeness (QED) is 0.582. The number of hydrazine groups is 1. The van der Waals surface area contributed by atoms with Gasteiger partial charge in [0.1, 0.15) is 5.82 Å². The Morgan fingerprint density at radius 2 is 2.15 bits per heavy atom. The van der Waals surface area contributed by atoms with Crippen LogP contribution in [0.2, 0.25) is 0 Å². The van der Waals surface area contributed by atoms with E-state index in [-0.39, 0.29) is 0 Å². The van der Waals surface area contributed by atoms with Crippen LogP contribution in [0.1, 0.15) is 32.6 Å². The molecule has 7 nitrogen and oxygen atoms in total. The minimum absolute atomic E-state index is 0.409. The van der Waals surface area contributed by atoms with Crippen LogP contribution in [0, 0.1) is 5.92 Å². The van der Waals surface area contributed by atoms with Crippen molar-refractivity contribution in [1.82, 2.24) is 20.2 Å². The lowest BCUT2D eigenvalue weighted by Crippen LogP contribution is -2.39. The molecule has 7 heteroatoms. The Morgan fingerprint density at radius 1 is 1.35 bits per heavy atom. The van der Waals surface area contributed by atoms with Crippen molar-refractivity contribution < 1.29 is 0 Å². The average Bonchev–Trinajstić information content (AvgIpc) is 2.94. The lowest BCUT2D eigenvalue weighted by Gasteiger charge is -2.37. The molecule has 0 saturated heterocycles. The van der Waals surface area contributed by atoms with Crippen LogP contribution < -0.4 is 16.2 Å². The largest absolute Gasteiger partial charge is 0.356 e. The van der Waals surface area contributed by atoms with Gasteiger partial charge in [0.25, 0.3) is 0 Å². The number of nitrogen functional groups attached to an aromatic ring is 1. The van der Waals surface area contributed by atoms with Gasteiger partial charge in [-0.15, -0.1) is 0 Å². The van der Waals surface area contributed by atoms with E-state index in [1.807, 2.05) is 0 Å². The molecule has 1 saturated carbocycles. The van der Waals surface area contributed by atoms with Gasteiger partial charge in [-0.05, 0) is 18.8 Å². The fourth-order valence-corrected chi connectivity index (χ4v) is 3.18. The van der Waals surface area contributed by atoms with Crippen molar-refractivity contribution in [3.8, 4) is 0 Å². The molecule has 20 heavy (non-hydrogen) atoms. The molecule has 2 unspecified atom stereocenters. The second-order valence-electron chi connectivity index (χ2n) is 5.59. The fourth-order valence-electron chi connectivity index (χ4n) is 3.18. The smallest absolute Gasteiger partial charge is 0.241 e. The molecular weight excluding hydrogens is 254 g/mol. The van der Waals surface area contributed by atoms with Gasteiger partial charge in [-0.2, -0.15) is 15.1 Å². The number of nitrogens with two attached hydrogens (primary N) is 1. The van der Waals surface area contributed by atoms with Crippen LogP contribution in [0.25, 0.3) is 11.0 Å². The van der Waals surface area contributed by atoms with Crippen LogP contribution in [0.15, 0.2) is 6.20 Å². The molecular formula is C13H21N7. The molecule has 1 aliphatic carbocycles. The van der Waals surface area contributed by atoms with Crippen LogP contribution in [0.4, 0.5) is 11.8 Å². The molecule has 0 bridgehead atoms. The molecule has 2 heterocycles. The Kier molecular flexibility index (Phi) is 3.43. The zero-order valence-corrected chi connectivity index (χ0v) is 11.9. The summed E-state index contributed by atoms with van der Waals surface area (Å²) < 4.78 is 0. The standard InChI is InChI=1S/C13H21N7/c1-8-5-3-4-6-10(8)20(2)12-9-7-15-19-11(9)16-13(17-12)18-14/h7-8,10H,3-6,14H2,1-2H3,(H2,15,16,17,18,19). The predicted octanol–water partition coefficient (Wildman–Crippen LogP) is 1.65. The zero-order valence-electron chi connectivity index (χ0n) is 11.9. The third-order valence-electron chi connectivity index (χ3n) is 4.32. The maximum atomic E-state index is 5.46. The first-order chi connectivity index (χ1) is 9.70. The minimum Gasteiger partial charge on any atom is -0.356 e. The number of fused-ring (bicyclic) bond motifs is 1. The molecule has 0 spiro atoms. The van der Waals surface area contributed by atoms with Crippen LogP contribution in [0.3, 0.4) is 0 Å². The lowest BCUT2D eigenvalue weighted by molar-refractivity contribution is 0.321. The predicted molar refractivity (Wildman–Crippen MR) is 79.3 cm³/mol. The third-order valence-corrected chi connectivity index (χ3v) is 4.32. The number of nitrogens with zero attached hydrogens (tertiary/aromatic N) is 4. The first-order valence-electron chi connectivity index (χ1n) is 7.11. The number of hydrogen-bond donors (Lipinski definition) is 3. The highest BCUT2D eigenvalue weighted by molar-refractivity contribution is 5.87. The van der Waals surface area contributed by atoms with Gasteiger partial charge in [0.15, 0.2) is 5.65 Å². The second kappa shape index (κ2) is 5.24. The Balaban J connectivity index is 2.01. The van der Waals surface area contributed by atoms with Crippen LogP contribution in [-0.4, -0.2) is 33.3 Å². The van der Waals surface area contributed by atoms with Gasteiger partial charge >= 0.3 is 0 Å². The van der Waals surface area contributed by atoms with Crippen molar-refractivity contribution in [2.45, 2.75) is 38.6 Å². The number of H-pyrrole nitrogens is 1. The van der Waals surface area contributed by atoms with Gasteiger partial charge in [-0.1, -0.05) is 19.8 Å². The number of hydrogen-bond acceptors (Lipinski definition) is 6. The van der Waals surface area contributed by atoms with Crippen LogP contribution in [-0.2, 0) is 0 Å². The third kappa shape index (κ3) is 2.18. The Hall–Kier alpha value is -1.89. The zero-order chi connectivity index (χ0) is 14.1. The molecule has 3 rings (SSSR count). The molecule has 0 aromatic carbocycles. The van der Waals surface area contributed by atoms with E-state index in [1.54, 1.807) is 6.20 Å². The second-order valence-corrected chi connectivity index (χ2v) is 5.59. The van der Waals surface area contributed by atoms with Gasteiger partial charge in [0.05, 0.1) is 11.6 Å². The first-order valence-corrected chi connectivity index (χ1v) is 7.11. The Labute approximate surface area is 117 Å². The van der Waals surface area contributed by atoms with Gasteiger partial charge in [-0.25, -0.2) is 5.84 Å². The number of aromatic nitrogens is 4. The fraction of sp³-hybridized carbons (Fsp3) is 0.615. The van der Waals surface area contributed by atoms with Crippen molar-refractivity contribution in [3.05, 3.63) is 6.20 Å². The summed E-state index contributed by atoms with van der Waals surface area (Å²) >= 11 is 0. The normalized spacial score (nSPS) is 22.9. The number of nitrogens with one attached hydrogen (secondary N) is 2. The van der Waals surface area contributed by atoms with Crippen molar-refractivity contribution >= 4 is 22.8 Å². The van der Waals surface area contributed by atoms with E-state index in [4.69, 9.17) is 5.84 Å². The van der Waals surface area contributed by atoms with E-state index < -0.39 is 0 Å². The van der Waals surface area contributed by atoms with E-state index >= 15 is 0 Å². The van der Waals surface area contributed by atoms with Gasteiger partial charge in [0.2, 0.25) is 5.95 Å². The van der Waals surface area contributed by atoms with Gasteiger partial charge in [0, 0.05) is 13.1 Å². The molecule has 108 valence electrons. The molecule has 0 amide bonds. The summed E-state index contributed by atoms with van der Waals surface area (Å²) in [5.74, 6) is 7.42. The van der Waals surface area contributed by atoms with E-state index in [9.17, 15) is 0 Å². The Bertz CT molecular complexity index is 593. The van der Waals surface area contributed by atoms with E-state index in [2.05, 4.69) is 44.5 Å². The maximum absolute atomic E-state index is 5.46. The molecule has 4 N–H and O–H groups in total. The van der Waals surface area contributed by atoms with Crippen LogP contribution in [0.5, 0.6) is 0 Å². The monoisotopic (exact) mass is 275 g/mol. The number of aromatic amines is 1. The minimum atomic E-state index is 0.409. The van der Waals surface area contributed by atoms with Gasteiger partial charge < -0.3 is 4.90 Å². The summed E-state index contributed by atoms with van der Waals surface area (Å²) in [5, 5.41) is 7.88. The van der Waals surface area contributed by atoms with Crippen molar-refractivity contribution in [1.29, 1.82) is 0 Å². The highest BCUT2D eigenvalue weighted by atomic mass is 15.3. The molecule has 2 aromatic rings.